The molecular weight excluding hydrogens is 278 g/mol. The Balaban J connectivity index is 1.92. The third-order valence-electron chi connectivity index (χ3n) is 3.19. The summed E-state index contributed by atoms with van der Waals surface area (Å²) >= 11 is 5.19. The van der Waals surface area contributed by atoms with E-state index in [2.05, 4.69) is 10.6 Å². The summed E-state index contributed by atoms with van der Waals surface area (Å²) in [5.74, 6) is 0. The van der Waals surface area contributed by atoms with Crippen LogP contribution in [0.4, 0.5) is 11.4 Å². The maximum Gasteiger partial charge on any atom is 0.271 e. The highest BCUT2D eigenvalue weighted by Crippen LogP contribution is 2.21. The average molecular weight is 295 g/mol. The first kappa shape index (κ1) is 14.7. The summed E-state index contributed by atoms with van der Waals surface area (Å²) in [6.07, 6.45) is 2.31. The summed E-state index contributed by atoms with van der Waals surface area (Å²) < 4.78 is 5.49. The van der Waals surface area contributed by atoms with E-state index in [1.807, 2.05) is 6.92 Å². The zero-order valence-electron chi connectivity index (χ0n) is 11.2. The third kappa shape index (κ3) is 3.88. The molecule has 108 valence electrons. The Morgan fingerprint density at radius 1 is 1.60 bits per heavy atom. The smallest absolute Gasteiger partial charge is 0.271 e. The standard InChI is InChI=1S/C13H17N3O3S/c1-9-4-5-10(16(17)18)7-12(9)15-13(20)14-8-11-3-2-6-19-11/h4-5,7,11H,2-3,6,8H2,1H3,(H2,14,15,20). The molecule has 0 spiro atoms. The van der Waals surface area contributed by atoms with Crippen molar-refractivity contribution in [2.45, 2.75) is 25.9 Å². The first-order valence-electron chi connectivity index (χ1n) is 6.48. The first-order chi connectivity index (χ1) is 9.56. The van der Waals surface area contributed by atoms with Gasteiger partial charge in [-0.05, 0) is 37.5 Å². The molecule has 0 saturated carbocycles. The highest BCUT2D eigenvalue weighted by molar-refractivity contribution is 7.80. The summed E-state index contributed by atoms with van der Waals surface area (Å²) in [7, 11) is 0. The average Bonchev–Trinajstić information content (AvgIpc) is 2.92. The summed E-state index contributed by atoms with van der Waals surface area (Å²) in [6, 6.07) is 4.65. The second-order valence-electron chi connectivity index (χ2n) is 4.73. The van der Waals surface area contributed by atoms with E-state index in [0.29, 0.717) is 17.3 Å². The number of rotatable bonds is 4. The van der Waals surface area contributed by atoms with Gasteiger partial charge in [-0.15, -0.1) is 0 Å². The molecular formula is C13H17N3O3S. The Kier molecular flexibility index (Phi) is 4.86. The fraction of sp³-hybridized carbons (Fsp3) is 0.462. The van der Waals surface area contributed by atoms with Gasteiger partial charge in [0.15, 0.2) is 5.11 Å². The van der Waals surface area contributed by atoms with Crippen LogP contribution in [-0.4, -0.2) is 29.3 Å². The van der Waals surface area contributed by atoms with Gasteiger partial charge < -0.3 is 15.4 Å². The van der Waals surface area contributed by atoms with Gasteiger partial charge in [-0.25, -0.2) is 0 Å². The molecule has 2 N–H and O–H groups in total. The fourth-order valence-corrected chi connectivity index (χ4v) is 2.23. The van der Waals surface area contributed by atoms with Gasteiger partial charge in [0.1, 0.15) is 0 Å². The van der Waals surface area contributed by atoms with E-state index >= 15 is 0 Å². The molecule has 0 aromatic heterocycles. The highest BCUT2D eigenvalue weighted by atomic mass is 32.1. The van der Waals surface area contributed by atoms with Gasteiger partial charge in [0, 0.05) is 31.0 Å². The lowest BCUT2D eigenvalue weighted by Crippen LogP contribution is -2.35. The summed E-state index contributed by atoms with van der Waals surface area (Å²) in [4.78, 5) is 10.3. The molecule has 1 aromatic carbocycles. The molecule has 1 unspecified atom stereocenters. The predicted octanol–water partition coefficient (Wildman–Crippen LogP) is 2.37. The van der Waals surface area contributed by atoms with Crippen molar-refractivity contribution in [3.8, 4) is 0 Å². The summed E-state index contributed by atoms with van der Waals surface area (Å²) in [6.45, 7) is 3.32. The molecule has 1 aliphatic heterocycles. The molecule has 6 nitrogen and oxygen atoms in total. The van der Waals surface area contributed by atoms with Gasteiger partial charge in [0.25, 0.3) is 5.69 Å². The van der Waals surface area contributed by atoms with Crippen molar-refractivity contribution in [3.05, 3.63) is 33.9 Å². The Hall–Kier alpha value is -1.73. The van der Waals surface area contributed by atoms with Crippen LogP contribution in [0.25, 0.3) is 0 Å². The van der Waals surface area contributed by atoms with E-state index in [0.717, 1.165) is 25.0 Å². The van der Waals surface area contributed by atoms with E-state index in [9.17, 15) is 10.1 Å². The van der Waals surface area contributed by atoms with Crippen LogP contribution in [0.5, 0.6) is 0 Å². The third-order valence-corrected chi connectivity index (χ3v) is 3.44. The minimum absolute atomic E-state index is 0.0417. The number of non-ortho nitro benzene ring substituents is 1. The van der Waals surface area contributed by atoms with Gasteiger partial charge in [0.05, 0.1) is 11.0 Å². The summed E-state index contributed by atoms with van der Waals surface area (Å²) in [5, 5.41) is 17.3. The van der Waals surface area contributed by atoms with E-state index in [4.69, 9.17) is 17.0 Å². The molecule has 0 aliphatic carbocycles. The molecule has 20 heavy (non-hydrogen) atoms. The fourth-order valence-electron chi connectivity index (χ4n) is 2.04. The molecule has 0 amide bonds. The van der Waals surface area contributed by atoms with Crippen LogP contribution < -0.4 is 10.6 Å². The van der Waals surface area contributed by atoms with Crippen LogP contribution in [0, 0.1) is 17.0 Å². The number of nitrogens with one attached hydrogen (secondary N) is 2. The van der Waals surface area contributed by atoms with Crippen molar-refractivity contribution in [1.29, 1.82) is 0 Å². The lowest BCUT2D eigenvalue weighted by atomic mass is 10.2. The number of nitrogens with zero attached hydrogens (tertiary/aromatic N) is 1. The zero-order chi connectivity index (χ0) is 14.5. The number of aryl methyl sites for hydroxylation is 1. The van der Waals surface area contributed by atoms with Crippen LogP contribution in [0.15, 0.2) is 18.2 Å². The molecule has 1 heterocycles. The second kappa shape index (κ2) is 6.62. The van der Waals surface area contributed by atoms with Crippen molar-refractivity contribution in [1.82, 2.24) is 5.32 Å². The van der Waals surface area contributed by atoms with Gasteiger partial charge in [-0.3, -0.25) is 10.1 Å². The van der Waals surface area contributed by atoms with Crippen LogP contribution in [0.3, 0.4) is 0 Å². The Labute approximate surface area is 122 Å². The van der Waals surface area contributed by atoms with Crippen molar-refractivity contribution in [2.75, 3.05) is 18.5 Å². The largest absolute Gasteiger partial charge is 0.376 e. The quantitative estimate of drug-likeness (QED) is 0.504. The van der Waals surface area contributed by atoms with Gasteiger partial charge in [-0.1, -0.05) is 6.07 Å². The molecule has 0 radical (unpaired) electrons. The minimum Gasteiger partial charge on any atom is -0.376 e. The topological polar surface area (TPSA) is 76.4 Å². The number of thiocarbonyl (C=S) groups is 1. The van der Waals surface area contributed by atoms with Crippen LogP contribution in [0.1, 0.15) is 18.4 Å². The predicted molar refractivity (Wildman–Crippen MR) is 81.0 cm³/mol. The van der Waals surface area contributed by atoms with E-state index in [1.54, 1.807) is 6.07 Å². The molecule has 1 aromatic rings. The minimum atomic E-state index is -0.423. The maximum atomic E-state index is 10.8. The second-order valence-corrected chi connectivity index (χ2v) is 5.13. The van der Waals surface area contributed by atoms with Crippen LogP contribution in [-0.2, 0) is 4.74 Å². The number of ether oxygens (including phenoxy) is 1. The maximum absolute atomic E-state index is 10.8. The van der Waals surface area contributed by atoms with E-state index < -0.39 is 4.92 Å². The SMILES string of the molecule is Cc1ccc([N+](=O)[O-])cc1NC(=S)NCC1CCCO1. The molecule has 1 saturated heterocycles. The molecule has 1 aliphatic rings. The van der Waals surface area contributed by atoms with E-state index in [1.165, 1.54) is 12.1 Å². The molecule has 0 bridgehead atoms. The number of nitro benzene ring substituents is 1. The number of anilines is 1. The van der Waals surface area contributed by atoms with Crippen molar-refractivity contribution < 1.29 is 9.66 Å². The highest BCUT2D eigenvalue weighted by Gasteiger charge is 2.15. The van der Waals surface area contributed by atoms with Crippen LogP contribution in [0.2, 0.25) is 0 Å². The normalized spacial score (nSPS) is 17.8. The lowest BCUT2D eigenvalue weighted by molar-refractivity contribution is -0.384. The van der Waals surface area contributed by atoms with Gasteiger partial charge in [-0.2, -0.15) is 0 Å². The molecule has 1 fully saturated rings. The van der Waals surface area contributed by atoms with Gasteiger partial charge in [0.2, 0.25) is 0 Å². The van der Waals surface area contributed by atoms with Crippen molar-refractivity contribution in [2.24, 2.45) is 0 Å². The zero-order valence-corrected chi connectivity index (χ0v) is 12.0. The van der Waals surface area contributed by atoms with Crippen molar-refractivity contribution >= 4 is 28.7 Å². The Morgan fingerprint density at radius 3 is 3.05 bits per heavy atom. The number of hydrogen-bond acceptors (Lipinski definition) is 4. The van der Waals surface area contributed by atoms with Crippen molar-refractivity contribution in [3.63, 3.8) is 0 Å². The molecule has 1 atom stereocenters. The number of benzene rings is 1. The number of hydrogen-bond donors (Lipinski definition) is 2. The summed E-state index contributed by atoms with van der Waals surface area (Å²) in [5.41, 5.74) is 1.58. The first-order valence-corrected chi connectivity index (χ1v) is 6.88. The van der Waals surface area contributed by atoms with E-state index in [-0.39, 0.29) is 11.8 Å². The Bertz CT molecular complexity index is 516. The van der Waals surface area contributed by atoms with Crippen LogP contribution >= 0.6 is 12.2 Å². The monoisotopic (exact) mass is 295 g/mol. The lowest BCUT2D eigenvalue weighted by Gasteiger charge is -2.15. The molecule has 2 rings (SSSR count). The number of nitro groups is 1. The molecule has 7 heteroatoms. The Morgan fingerprint density at radius 2 is 2.40 bits per heavy atom. The van der Waals surface area contributed by atoms with Gasteiger partial charge >= 0.3 is 0 Å².